The van der Waals surface area contributed by atoms with Crippen molar-refractivity contribution in [3.8, 4) is 0 Å². The van der Waals surface area contributed by atoms with E-state index < -0.39 is 17.7 Å². The zero-order valence-electron chi connectivity index (χ0n) is 17.3. The molecule has 1 amide bonds. The molecule has 0 bridgehead atoms. The first kappa shape index (κ1) is 20.9. The van der Waals surface area contributed by atoms with Crippen LogP contribution in [-0.2, 0) is 17.9 Å². The number of carbonyl (C=O) groups is 2. The van der Waals surface area contributed by atoms with E-state index >= 15 is 0 Å². The first-order valence-corrected chi connectivity index (χ1v) is 10.3. The minimum atomic E-state index is -0.491. The number of ketones is 1. The molecule has 160 valence electrons. The van der Waals surface area contributed by atoms with E-state index in [1.54, 1.807) is 0 Å². The van der Waals surface area contributed by atoms with Crippen LogP contribution in [0.2, 0.25) is 0 Å². The fraction of sp³-hybridized carbons (Fsp3) is 0.292. The Morgan fingerprint density at radius 1 is 1.10 bits per heavy atom. The number of aromatic nitrogens is 2. The molecule has 3 aromatic rings. The van der Waals surface area contributed by atoms with E-state index in [9.17, 15) is 14.0 Å². The lowest BCUT2D eigenvalue weighted by Gasteiger charge is -2.17. The molecule has 2 heterocycles. The van der Waals surface area contributed by atoms with Gasteiger partial charge in [0.25, 0.3) is 0 Å². The number of likely N-dealkylation sites (tertiary alicyclic amines) is 1. The van der Waals surface area contributed by atoms with Gasteiger partial charge < -0.3 is 5.32 Å². The number of benzene rings is 2. The molecule has 1 saturated heterocycles. The molecule has 0 radical (unpaired) electrons. The summed E-state index contributed by atoms with van der Waals surface area (Å²) in [5.41, 5.74) is 3.21. The second-order valence-corrected chi connectivity index (χ2v) is 8.02. The molecule has 0 aliphatic carbocycles. The number of hydrogen-bond donors (Lipinski definition) is 2. The normalized spacial score (nSPS) is 18.8. The van der Waals surface area contributed by atoms with Gasteiger partial charge >= 0.3 is 0 Å². The van der Waals surface area contributed by atoms with E-state index in [1.165, 1.54) is 24.3 Å². The summed E-state index contributed by atoms with van der Waals surface area (Å²) < 4.78 is 13.3. The Bertz CT molecular complexity index is 1050. The van der Waals surface area contributed by atoms with E-state index in [-0.39, 0.29) is 11.7 Å². The Balaban J connectivity index is 1.50. The average molecular weight is 420 g/mol. The zero-order chi connectivity index (χ0) is 21.8. The van der Waals surface area contributed by atoms with Crippen LogP contribution in [0.4, 0.5) is 4.39 Å². The van der Waals surface area contributed by atoms with Gasteiger partial charge in [-0.3, -0.25) is 19.6 Å². The maximum absolute atomic E-state index is 13.3. The smallest absolute Gasteiger partial charge is 0.225 e. The highest BCUT2D eigenvalue weighted by atomic mass is 19.1. The minimum Gasteiger partial charge on any atom is -0.350 e. The Hall–Kier alpha value is -3.32. The monoisotopic (exact) mass is 420 g/mol. The summed E-state index contributed by atoms with van der Waals surface area (Å²) in [5, 5.41) is 9.92. The first-order valence-electron chi connectivity index (χ1n) is 10.3. The number of halogens is 1. The summed E-state index contributed by atoms with van der Waals surface area (Å²) in [6, 6.07) is 17.4. The van der Waals surface area contributed by atoms with Gasteiger partial charge in [0, 0.05) is 36.8 Å². The molecule has 0 unspecified atom stereocenters. The Morgan fingerprint density at radius 3 is 2.48 bits per heavy atom. The van der Waals surface area contributed by atoms with Crippen LogP contribution >= 0.6 is 0 Å². The van der Waals surface area contributed by atoms with Crippen molar-refractivity contribution in [1.82, 2.24) is 20.4 Å². The minimum absolute atomic E-state index is 0.133. The van der Waals surface area contributed by atoms with Crippen molar-refractivity contribution < 1.29 is 14.0 Å². The molecule has 31 heavy (non-hydrogen) atoms. The summed E-state index contributed by atoms with van der Waals surface area (Å²) in [7, 11) is 0. The lowest BCUT2D eigenvalue weighted by Crippen LogP contribution is -2.37. The SMILES string of the molecule is Cc1cc(CNC(=O)[C@@H]2CN(Cc3ccccc3)C[C@H]2C(=O)c2ccc(F)cc2)n[nH]1. The standard InChI is InChI=1S/C24H25FN4O2/c1-16-11-20(28-27-16)12-26-24(31)22-15-29(13-17-5-3-2-4-6-17)14-21(22)23(30)18-7-9-19(25)10-8-18/h2-11,21-22H,12-15H2,1H3,(H,26,31)(H,27,28)/t21-,22-/m1/s1. The van der Waals surface area contributed by atoms with Crippen molar-refractivity contribution in [1.29, 1.82) is 0 Å². The highest BCUT2D eigenvalue weighted by Gasteiger charge is 2.41. The fourth-order valence-corrected chi connectivity index (χ4v) is 4.09. The number of rotatable bonds is 7. The molecule has 1 aliphatic heterocycles. The quantitative estimate of drug-likeness (QED) is 0.576. The van der Waals surface area contributed by atoms with Crippen LogP contribution in [0.5, 0.6) is 0 Å². The van der Waals surface area contributed by atoms with Crippen molar-refractivity contribution >= 4 is 11.7 Å². The van der Waals surface area contributed by atoms with Crippen molar-refractivity contribution in [3.05, 3.63) is 89.0 Å². The van der Waals surface area contributed by atoms with Crippen molar-refractivity contribution in [3.63, 3.8) is 0 Å². The topological polar surface area (TPSA) is 78.1 Å². The van der Waals surface area contributed by atoms with Gasteiger partial charge in [-0.15, -0.1) is 0 Å². The molecule has 2 atom stereocenters. The van der Waals surface area contributed by atoms with Gasteiger partial charge in [0.15, 0.2) is 5.78 Å². The molecule has 1 aliphatic rings. The number of Topliss-reactive ketones (excluding diaryl/α,β-unsaturated/α-hetero) is 1. The third-order valence-corrected chi connectivity index (χ3v) is 5.65. The van der Waals surface area contributed by atoms with Crippen LogP contribution in [0.1, 0.15) is 27.3 Å². The van der Waals surface area contributed by atoms with Gasteiger partial charge in [-0.25, -0.2) is 4.39 Å². The predicted molar refractivity (Wildman–Crippen MR) is 115 cm³/mol. The summed E-state index contributed by atoms with van der Waals surface area (Å²) in [4.78, 5) is 28.4. The average Bonchev–Trinajstić information content (AvgIpc) is 3.39. The molecular formula is C24H25FN4O2. The summed E-state index contributed by atoms with van der Waals surface area (Å²) in [5.74, 6) is -1.67. The van der Waals surface area contributed by atoms with Gasteiger partial charge in [-0.2, -0.15) is 5.10 Å². The lowest BCUT2D eigenvalue weighted by atomic mass is 9.88. The Morgan fingerprint density at radius 2 is 1.81 bits per heavy atom. The Labute approximate surface area is 180 Å². The van der Waals surface area contributed by atoms with E-state index in [0.29, 0.717) is 31.7 Å². The molecule has 2 N–H and O–H groups in total. The van der Waals surface area contributed by atoms with E-state index in [2.05, 4.69) is 20.4 Å². The van der Waals surface area contributed by atoms with E-state index in [0.717, 1.165) is 17.0 Å². The van der Waals surface area contributed by atoms with Gasteiger partial charge in [0.2, 0.25) is 5.91 Å². The molecule has 0 saturated carbocycles. The largest absolute Gasteiger partial charge is 0.350 e. The molecule has 1 aromatic heterocycles. The van der Waals surface area contributed by atoms with Crippen LogP contribution in [0.25, 0.3) is 0 Å². The van der Waals surface area contributed by atoms with Gasteiger partial charge in [0.05, 0.1) is 18.2 Å². The van der Waals surface area contributed by atoms with Gasteiger partial charge in [0.1, 0.15) is 5.82 Å². The number of aromatic amines is 1. The van der Waals surface area contributed by atoms with Gasteiger partial charge in [-0.1, -0.05) is 30.3 Å². The molecular weight excluding hydrogens is 395 g/mol. The third kappa shape index (κ3) is 5.06. The molecule has 1 fully saturated rings. The van der Waals surface area contributed by atoms with Crippen LogP contribution in [0, 0.1) is 24.6 Å². The molecule has 2 aromatic carbocycles. The summed E-state index contributed by atoms with van der Waals surface area (Å²) in [6.07, 6.45) is 0. The summed E-state index contributed by atoms with van der Waals surface area (Å²) >= 11 is 0. The van der Waals surface area contributed by atoms with Crippen molar-refractivity contribution in [2.75, 3.05) is 13.1 Å². The number of H-pyrrole nitrogens is 1. The maximum atomic E-state index is 13.3. The number of hydrogen-bond acceptors (Lipinski definition) is 4. The highest BCUT2D eigenvalue weighted by Crippen LogP contribution is 2.29. The molecule has 4 rings (SSSR count). The molecule has 6 nitrogen and oxygen atoms in total. The number of carbonyl (C=O) groups excluding carboxylic acids is 2. The van der Waals surface area contributed by atoms with Crippen LogP contribution in [-0.4, -0.2) is 39.9 Å². The first-order chi connectivity index (χ1) is 15.0. The highest BCUT2D eigenvalue weighted by molar-refractivity contribution is 6.01. The zero-order valence-corrected chi connectivity index (χ0v) is 17.3. The number of amides is 1. The van der Waals surface area contributed by atoms with E-state index in [1.807, 2.05) is 43.3 Å². The second-order valence-electron chi connectivity index (χ2n) is 8.02. The van der Waals surface area contributed by atoms with Crippen molar-refractivity contribution in [2.45, 2.75) is 20.0 Å². The maximum Gasteiger partial charge on any atom is 0.225 e. The number of aryl methyl sites for hydroxylation is 1. The fourth-order valence-electron chi connectivity index (χ4n) is 4.09. The van der Waals surface area contributed by atoms with Crippen molar-refractivity contribution in [2.24, 2.45) is 11.8 Å². The molecule has 7 heteroatoms. The third-order valence-electron chi connectivity index (χ3n) is 5.65. The van der Waals surface area contributed by atoms with E-state index in [4.69, 9.17) is 0 Å². The van der Waals surface area contributed by atoms with Gasteiger partial charge in [-0.05, 0) is 42.8 Å². The van der Waals surface area contributed by atoms with Crippen LogP contribution in [0.15, 0.2) is 60.7 Å². The Kier molecular flexibility index (Phi) is 6.23. The molecule has 0 spiro atoms. The summed E-state index contributed by atoms with van der Waals surface area (Å²) in [6.45, 7) is 3.82. The number of nitrogens with zero attached hydrogens (tertiary/aromatic N) is 2. The second kappa shape index (κ2) is 9.22. The number of nitrogens with one attached hydrogen (secondary N) is 2. The lowest BCUT2D eigenvalue weighted by molar-refractivity contribution is -0.125. The predicted octanol–water partition coefficient (Wildman–Crippen LogP) is 3.10. The van der Waals surface area contributed by atoms with Crippen LogP contribution < -0.4 is 5.32 Å². The van der Waals surface area contributed by atoms with Crippen LogP contribution in [0.3, 0.4) is 0 Å².